The first-order valence-corrected chi connectivity index (χ1v) is 7.97. The molecule has 2 aromatic carbocycles. The molecule has 0 aliphatic heterocycles. The van der Waals surface area contributed by atoms with Crippen molar-refractivity contribution >= 4 is 23.2 Å². The summed E-state index contributed by atoms with van der Waals surface area (Å²) in [7, 11) is 0. The van der Waals surface area contributed by atoms with Crippen molar-refractivity contribution in [2.45, 2.75) is 19.4 Å². The second kappa shape index (κ2) is 7.07. The van der Waals surface area contributed by atoms with Crippen LogP contribution >= 0.6 is 23.2 Å². The SMILES string of the molecule is CC(Cc1ccc(-c2cnco2)cc1)Oc1ccc(Cl)c(Cl)c1. The van der Waals surface area contributed by atoms with Crippen LogP contribution in [0.1, 0.15) is 12.5 Å². The highest BCUT2D eigenvalue weighted by molar-refractivity contribution is 6.42. The molecule has 1 heterocycles. The highest BCUT2D eigenvalue weighted by atomic mass is 35.5. The summed E-state index contributed by atoms with van der Waals surface area (Å²) < 4.78 is 11.2. The topological polar surface area (TPSA) is 35.3 Å². The van der Waals surface area contributed by atoms with Gasteiger partial charge in [-0.1, -0.05) is 47.5 Å². The summed E-state index contributed by atoms with van der Waals surface area (Å²) in [5.41, 5.74) is 2.19. The van der Waals surface area contributed by atoms with Gasteiger partial charge < -0.3 is 9.15 Å². The molecule has 5 heteroatoms. The van der Waals surface area contributed by atoms with Crippen molar-refractivity contribution in [3.05, 3.63) is 70.7 Å². The van der Waals surface area contributed by atoms with Crippen molar-refractivity contribution < 1.29 is 9.15 Å². The summed E-state index contributed by atoms with van der Waals surface area (Å²) in [5, 5.41) is 1.02. The number of hydrogen-bond acceptors (Lipinski definition) is 3. The minimum Gasteiger partial charge on any atom is -0.490 e. The van der Waals surface area contributed by atoms with Crippen molar-refractivity contribution in [2.75, 3.05) is 0 Å². The molecule has 118 valence electrons. The lowest BCUT2D eigenvalue weighted by atomic mass is 10.1. The first-order valence-electron chi connectivity index (χ1n) is 7.21. The van der Waals surface area contributed by atoms with Gasteiger partial charge in [0, 0.05) is 18.1 Å². The molecule has 0 aliphatic carbocycles. The molecule has 0 bridgehead atoms. The Kier molecular flexibility index (Phi) is 4.89. The molecular formula is C18H15Cl2NO2. The molecule has 0 aliphatic rings. The van der Waals surface area contributed by atoms with Crippen LogP contribution in [-0.4, -0.2) is 11.1 Å². The third-order valence-corrected chi connectivity index (χ3v) is 4.16. The second-order valence-electron chi connectivity index (χ2n) is 5.27. The molecule has 1 atom stereocenters. The van der Waals surface area contributed by atoms with Gasteiger partial charge in [-0.15, -0.1) is 0 Å². The third kappa shape index (κ3) is 4.06. The van der Waals surface area contributed by atoms with Crippen LogP contribution in [0.5, 0.6) is 5.75 Å². The number of hydrogen-bond donors (Lipinski definition) is 0. The zero-order valence-corrected chi connectivity index (χ0v) is 14.0. The van der Waals surface area contributed by atoms with E-state index in [1.165, 1.54) is 12.0 Å². The van der Waals surface area contributed by atoms with Gasteiger partial charge in [0.25, 0.3) is 0 Å². The van der Waals surface area contributed by atoms with Crippen molar-refractivity contribution in [3.63, 3.8) is 0 Å². The van der Waals surface area contributed by atoms with Crippen LogP contribution < -0.4 is 4.74 Å². The second-order valence-corrected chi connectivity index (χ2v) is 6.09. The summed E-state index contributed by atoms with van der Waals surface area (Å²) in [4.78, 5) is 3.92. The van der Waals surface area contributed by atoms with E-state index in [9.17, 15) is 0 Å². The molecule has 0 saturated heterocycles. The minimum atomic E-state index is 0.0170. The van der Waals surface area contributed by atoms with E-state index in [-0.39, 0.29) is 6.10 Å². The van der Waals surface area contributed by atoms with E-state index in [2.05, 4.69) is 17.1 Å². The van der Waals surface area contributed by atoms with Crippen LogP contribution in [-0.2, 0) is 6.42 Å². The van der Waals surface area contributed by atoms with Gasteiger partial charge in [-0.25, -0.2) is 4.98 Å². The molecule has 0 fully saturated rings. The summed E-state index contributed by atoms with van der Waals surface area (Å²) in [5.74, 6) is 1.47. The van der Waals surface area contributed by atoms with Crippen molar-refractivity contribution in [3.8, 4) is 17.1 Å². The van der Waals surface area contributed by atoms with Gasteiger partial charge >= 0.3 is 0 Å². The molecule has 0 amide bonds. The predicted octanol–water partition coefficient (Wildman–Crippen LogP) is 5.66. The Morgan fingerprint density at radius 2 is 1.87 bits per heavy atom. The zero-order chi connectivity index (χ0) is 16.2. The molecule has 0 spiro atoms. The number of aromatic nitrogens is 1. The Bertz CT molecular complexity index is 770. The van der Waals surface area contributed by atoms with Crippen molar-refractivity contribution in [2.24, 2.45) is 0 Å². The maximum Gasteiger partial charge on any atom is 0.181 e. The Labute approximate surface area is 144 Å². The lowest BCUT2D eigenvalue weighted by Crippen LogP contribution is -2.15. The van der Waals surface area contributed by atoms with Gasteiger partial charge in [0.15, 0.2) is 12.2 Å². The predicted molar refractivity (Wildman–Crippen MR) is 92.2 cm³/mol. The van der Waals surface area contributed by atoms with Crippen LogP contribution in [0.3, 0.4) is 0 Å². The highest BCUT2D eigenvalue weighted by Gasteiger charge is 2.08. The first-order chi connectivity index (χ1) is 11.1. The van der Waals surface area contributed by atoms with E-state index in [4.69, 9.17) is 32.4 Å². The lowest BCUT2D eigenvalue weighted by Gasteiger charge is -2.15. The van der Waals surface area contributed by atoms with Gasteiger partial charge in [-0.3, -0.25) is 0 Å². The molecule has 1 aromatic heterocycles. The van der Waals surface area contributed by atoms with E-state index in [0.29, 0.717) is 15.8 Å². The van der Waals surface area contributed by atoms with Gasteiger partial charge in [-0.2, -0.15) is 0 Å². The molecule has 3 aromatic rings. The maximum atomic E-state index is 6.00. The fourth-order valence-electron chi connectivity index (χ4n) is 2.32. The van der Waals surface area contributed by atoms with Gasteiger partial charge in [0.1, 0.15) is 5.75 Å². The molecule has 3 nitrogen and oxygen atoms in total. The van der Waals surface area contributed by atoms with Crippen LogP contribution in [0.4, 0.5) is 0 Å². The quantitative estimate of drug-likeness (QED) is 0.597. The molecule has 3 rings (SSSR count). The van der Waals surface area contributed by atoms with Crippen molar-refractivity contribution in [1.29, 1.82) is 0 Å². The minimum absolute atomic E-state index is 0.0170. The van der Waals surface area contributed by atoms with Crippen LogP contribution in [0, 0.1) is 0 Å². The molecule has 0 N–H and O–H groups in total. The van der Waals surface area contributed by atoms with E-state index in [1.807, 2.05) is 25.1 Å². The standard InChI is InChI=1S/C18H15Cl2NO2/c1-12(23-15-6-7-16(19)17(20)9-15)8-13-2-4-14(5-3-13)18-10-21-11-22-18/h2-7,9-12H,8H2,1H3. The molecule has 23 heavy (non-hydrogen) atoms. The number of benzene rings is 2. The average molecular weight is 348 g/mol. The van der Waals surface area contributed by atoms with Crippen LogP contribution in [0.25, 0.3) is 11.3 Å². The third-order valence-electron chi connectivity index (χ3n) is 3.42. The average Bonchev–Trinajstić information content (AvgIpc) is 3.06. The van der Waals surface area contributed by atoms with Gasteiger partial charge in [0.2, 0.25) is 0 Å². The molecule has 0 saturated carbocycles. The lowest BCUT2D eigenvalue weighted by molar-refractivity contribution is 0.222. The molecular weight excluding hydrogens is 333 g/mol. The van der Waals surface area contributed by atoms with Crippen LogP contribution in [0.15, 0.2) is 59.5 Å². The smallest absolute Gasteiger partial charge is 0.181 e. The molecule has 0 radical (unpaired) electrons. The van der Waals surface area contributed by atoms with Crippen LogP contribution in [0.2, 0.25) is 10.0 Å². The first kappa shape index (κ1) is 15.9. The van der Waals surface area contributed by atoms with Gasteiger partial charge in [0.05, 0.1) is 22.3 Å². The van der Waals surface area contributed by atoms with Gasteiger partial charge in [-0.05, 0) is 24.6 Å². The Morgan fingerprint density at radius 1 is 1.09 bits per heavy atom. The van der Waals surface area contributed by atoms with E-state index < -0.39 is 0 Å². The number of nitrogens with zero attached hydrogens (tertiary/aromatic N) is 1. The summed E-state index contributed by atoms with van der Waals surface area (Å²) in [6.07, 6.45) is 3.93. The Balaban J connectivity index is 1.63. The number of halogens is 2. The number of oxazole rings is 1. The maximum absolute atomic E-state index is 6.00. The Morgan fingerprint density at radius 3 is 2.52 bits per heavy atom. The number of rotatable bonds is 5. The monoisotopic (exact) mass is 347 g/mol. The zero-order valence-electron chi connectivity index (χ0n) is 12.5. The van der Waals surface area contributed by atoms with E-state index in [0.717, 1.165) is 17.7 Å². The fourth-order valence-corrected chi connectivity index (χ4v) is 2.61. The highest BCUT2D eigenvalue weighted by Crippen LogP contribution is 2.27. The summed E-state index contributed by atoms with van der Waals surface area (Å²) >= 11 is 11.9. The Hall–Kier alpha value is -1.97. The largest absolute Gasteiger partial charge is 0.490 e. The van der Waals surface area contributed by atoms with E-state index >= 15 is 0 Å². The van der Waals surface area contributed by atoms with E-state index in [1.54, 1.807) is 18.3 Å². The normalized spacial score (nSPS) is 12.1. The van der Waals surface area contributed by atoms with Crippen molar-refractivity contribution in [1.82, 2.24) is 4.98 Å². The fraction of sp³-hybridized carbons (Fsp3) is 0.167. The number of ether oxygens (including phenoxy) is 1. The summed E-state index contributed by atoms with van der Waals surface area (Å²) in [6, 6.07) is 13.4. The summed E-state index contributed by atoms with van der Waals surface area (Å²) in [6.45, 7) is 2.02. The molecule has 1 unspecified atom stereocenters.